The molecule has 0 bridgehead atoms. The lowest BCUT2D eigenvalue weighted by Gasteiger charge is -2.18. The van der Waals surface area contributed by atoms with Crippen molar-refractivity contribution in [1.29, 1.82) is 0 Å². The Hall–Kier alpha value is -3.38. The summed E-state index contributed by atoms with van der Waals surface area (Å²) in [5.74, 6) is -0.118. The first-order valence-electron chi connectivity index (χ1n) is 8.91. The van der Waals surface area contributed by atoms with Crippen LogP contribution in [0.3, 0.4) is 0 Å². The van der Waals surface area contributed by atoms with E-state index in [2.05, 4.69) is 44.5 Å². The van der Waals surface area contributed by atoms with Crippen LogP contribution in [0.4, 0.5) is 0 Å². The Bertz CT molecular complexity index is 996. The van der Waals surface area contributed by atoms with Gasteiger partial charge in [0, 0.05) is 30.2 Å². The highest BCUT2D eigenvalue weighted by Crippen LogP contribution is 2.24. The molecule has 0 saturated carbocycles. The van der Waals surface area contributed by atoms with Crippen LogP contribution in [0.2, 0.25) is 0 Å². The van der Waals surface area contributed by atoms with Gasteiger partial charge in [-0.15, -0.1) is 11.3 Å². The number of carbonyl (C=O) groups is 1. The highest BCUT2D eigenvalue weighted by molar-refractivity contribution is 7.13. The summed E-state index contributed by atoms with van der Waals surface area (Å²) in [5, 5.41) is 5.46. The lowest BCUT2D eigenvalue weighted by molar-refractivity contribution is 0.0948. The van der Waals surface area contributed by atoms with Crippen LogP contribution in [0.5, 0.6) is 0 Å². The summed E-state index contributed by atoms with van der Waals surface area (Å²) in [6.45, 7) is 0.491. The summed E-state index contributed by atoms with van der Waals surface area (Å²) >= 11 is 1.38. The minimum absolute atomic E-state index is 0.0736. The Morgan fingerprint density at radius 1 is 0.964 bits per heavy atom. The van der Waals surface area contributed by atoms with E-state index in [1.54, 1.807) is 24.0 Å². The molecule has 1 amide bonds. The minimum atomic E-state index is -0.191. The van der Waals surface area contributed by atoms with Crippen molar-refractivity contribution in [2.24, 2.45) is 0 Å². The average Bonchev–Trinajstić information content (AvgIpc) is 3.26. The molecule has 1 N–H and O–H groups in total. The monoisotopic (exact) mass is 386 g/mol. The number of nitrogens with one attached hydrogen (secondary N) is 1. The molecule has 0 radical (unpaired) electrons. The Balaban J connectivity index is 1.50. The molecular formula is C22H18N4OS. The van der Waals surface area contributed by atoms with Crippen molar-refractivity contribution in [3.05, 3.63) is 101 Å². The van der Waals surface area contributed by atoms with Gasteiger partial charge in [0.25, 0.3) is 5.91 Å². The standard InChI is InChI=1S/C22H18N4OS/c27-21(20-15-28-22(26-20)19-14-23-11-12-24-19)25-13-18(16-7-3-1-4-8-16)17-9-5-2-6-10-17/h1-12,14-15,18H,13H2,(H,25,27). The number of hydrogen-bond acceptors (Lipinski definition) is 5. The fourth-order valence-electron chi connectivity index (χ4n) is 2.99. The van der Waals surface area contributed by atoms with E-state index in [1.165, 1.54) is 11.3 Å². The lowest BCUT2D eigenvalue weighted by Crippen LogP contribution is -2.29. The van der Waals surface area contributed by atoms with Crippen LogP contribution < -0.4 is 5.32 Å². The molecule has 0 aliphatic carbocycles. The molecule has 2 aromatic heterocycles. The molecular weight excluding hydrogens is 368 g/mol. The zero-order chi connectivity index (χ0) is 19.2. The molecule has 0 aliphatic rings. The second-order valence-corrected chi connectivity index (χ2v) is 7.07. The minimum Gasteiger partial charge on any atom is -0.350 e. The second-order valence-electron chi connectivity index (χ2n) is 6.21. The van der Waals surface area contributed by atoms with Crippen molar-refractivity contribution in [2.75, 3.05) is 6.54 Å². The van der Waals surface area contributed by atoms with Crippen LogP contribution in [0, 0.1) is 0 Å². The number of nitrogens with zero attached hydrogens (tertiary/aromatic N) is 3. The van der Waals surface area contributed by atoms with Gasteiger partial charge in [-0.25, -0.2) is 4.98 Å². The number of carbonyl (C=O) groups excluding carboxylic acids is 1. The van der Waals surface area contributed by atoms with Gasteiger partial charge in [0.15, 0.2) is 0 Å². The summed E-state index contributed by atoms with van der Waals surface area (Å²) in [6, 6.07) is 20.4. The van der Waals surface area contributed by atoms with Crippen LogP contribution in [-0.2, 0) is 0 Å². The smallest absolute Gasteiger partial charge is 0.270 e. The van der Waals surface area contributed by atoms with E-state index in [4.69, 9.17) is 0 Å². The Labute approximate surface area is 167 Å². The van der Waals surface area contributed by atoms with Gasteiger partial charge in [-0.3, -0.25) is 14.8 Å². The van der Waals surface area contributed by atoms with Crippen molar-refractivity contribution in [1.82, 2.24) is 20.3 Å². The summed E-state index contributed by atoms with van der Waals surface area (Å²) in [5.41, 5.74) is 3.38. The maximum absolute atomic E-state index is 12.7. The SMILES string of the molecule is O=C(NCC(c1ccccc1)c1ccccc1)c1csc(-c2cnccn2)n1. The van der Waals surface area contributed by atoms with Gasteiger partial charge >= 0.3 is 0 Å². The van der Waals surface area contributed by atoms with Gasteiger partial charge in [-0.05, 0) is 11.1 Å². The number of amides is 1. The first-order chi connectivity index (χ1) is 13.8. The van der Waals surface area contributed by atoms with Crippen LogP contribution >= 0.6 is 11.3 Å². The summed E-state index contributed by atoms with van der Waals surface area (Å²) in [4.78, 5) is 25.3. The summed E-state index contributed by atoms with van der Waals surface area (Å²) < 4.78 is 0. The van der Waals surface area contributed by atoms with E-state index in [0.29, 0.717) is 22.9 Å². The molecule has 138 valence electrons. The van der Waals surface area contributed by atoms with Crippen molar-refractivity contribution in [3.63, 3.8) is 0 Å². The molecule has 4 rings (SSSR count). The third-order valence-corrected chi connectivity index (χ3v) is 5.25. The van der Waals surface area contributed by atoms with E-state index in [-0.39, 0.29) is 11.8 Å². The normalized spacial score (nSPS) is 10.8. The largest absolute Gasteiger partial charge is 0.350 e. The molecule has 0 atom stereocenters. The highest BCUT2D eigenvalue weighted by Gasteiger charge is 2.17. The van der Waals surface area contributed by atoms with E-state index < -0.39 is 0 Å². The van der Waals surface area contributed by atoms with Crippen molar-refractivity contribution >= 4 is 17.2 Å². The summed E-state index contributed by atoms with van der Waals surface area (Å²) in [6.07, 6.45) is 4.86. The van der Waals surface area contributed by atoms with Gasteiger partial charge in [0.2, 0.25) is 0 Å². The van der Waals surface area contributed by atoms with E-state index >= 15 is 0 Å². The molecule has 0 fully saturated rings. The van der Waals surface area contributed by atoms with Gasteiger partial charge < -0.3 is 5.32 Å². The van der Waals surface area contributed by atoms with Crippen molar-refractivity contribution in [3.8, 4) is 10.7 Å². The maximum atomic E-state index is 12.7. The van der Waals surface area contributed by atoms with E-state index in [1.807, 2.05) is 36.4 Å². The lowest BCUT2D eigenvalue weighted by atomic mass is 9.91. The summed E-state index contributed by atoms with van der Waals surface area (Å²) in [7, 11) is 0. The Morgan fingerprint density at radius 3 is 2.25 bits per heavy atom. The van der Waals surface area contributed by atoms with Crippen molar-refractivity contribution < 1.29 is 4.79 Å². The molecule has 2 aromatic carbocycles. The van der Waals surface area contributed by atoms with E-state index in [9.17, 15) is 4.79 Å². The maximum Gasteiger partial charge on any atom is 0.270 e. The number of aromatic nitrogens is 3. The number of hydrogen-bond donors (Lipinski definition) is 1. The molecule has 2 heterocycles. The molecule has 0 saturated heterocycles. The first-order valence-corrected chi connectivity index (χ1v) is 9.79. The molecule has 5 nitrogen and oxygen atoms in total. The van der Waals surface area contributed by atoms with Crippen LogP contribution in [0.1, 0.15) is 27.5 Å². The van der Waals surface area contributed by atoms with E-state index in [0.717, 1.165) is 11.1 Å². The predicted octanol–water partition coefficient (Wildman–Crippen LogP) is 4.16. The molecule has 28 heavy (non-hydrogen) atoms. The Kier molecular flexibility index (Phi) is 5.49. The first kappa shape index (κ1) is 18.0. The van der Waals surface area contributed by atoms with Gasteiger partial charge in [0.1, 0.15) is 16.4 Å². The van der Waals surface area contributed by atoms with Gasteiger partial charge in [-0.2, -0.15) is 0 Å². The second kappa shape index (κ2) is 8.54. The predicted molar refractivity (Wildman–Crippen MR) is 110 cm³/mol. The average molecular weight is 386 g/mol. The zero-order valence-electron chi connectivity index (χ0n) is 15.0. The highest BCUT2D eigenvalue weighted by atomic mass is 32.1. The number of benzene rings is 2. The van der Waals surface area contributed by atoms with Crippen LogP contribution in [0.25, 0.3) is 10.7 Å². The van der Waals surface area contributed by atoms with Crippen LogP contribution in [0.15, 0.2) is 84.6 Å². The molecule has 4 aromatic rings. The number of rotatable bonds is 6. The van der Waals surface area contributed by atoms with Crippen LogP contribution in [-0.4, -0.2) is 27.4 Å². The zero-order valence-corrected chi connectivity index (χ0v) is 15.8. The molecule has 0 aliphatic heterocycles. The number of thiazole rings is 1. The fourth-order valence-corrected chi connectivity index (χ4v) is 3.75. The van der Waals surface area contributed by atoms with Crippen molar-refractivity contribution in [2.45, 2.75) is 5.92 Å². The molecule has 0 spiro atoms. The third-order valence-electron chi connectivity index (χ3n) is 4.39. The Morgan fingerprint density at radius 2 is 1.64 bits per heavy atom. The molecule has 0 unspecified atom stereocenters. The van der Waals surface area contributed by atoms with Gasteiger partial charge in [-0.1, -0.05) is 60.7 Å². The topological polar surface area (TPSA) is 67.8 Å². The molecule has 6 heteroatoms. The third kappa shape index (κ3) is 4.13. The quantitative estimate of drug-likeness (QED) is 0.540. The fraction of sp³-hybridized carbons (Fsp3) is 0.0909. The van der Waals surface area contributed by atoms with Gasteiger partial charge in [0.05, 0.1) is 6.20 Å².